The van der Waals surface area contributed by atoms with Gasteiger partial charge in [0.1, 0.15) is 0 Å². The Morgan fingerprint density at radius 1 is 1.16 bits per heavy atom. The molecule has 0 spiro atoms. The first-order valence-corrected chi connectivity index (χ1v) is 7.48. The topological polar surface area (TPSA) is 66.4 Å². The Labute approximate surface area is 116 Å². The number of hydrogen-bond acceptors (Lipinski definition) is 2. The number of carbonyl (C=O) groups excluding carboxylic acids is 1. The lowest BCUT2D eigenvalue weighted by Crippen LogP contribution is -2.42. The molecule has 0 radical (unpaired) electrons. The normalized spacial score (nSPS) is 26.5. The van der Waals surface area contributed by atoms with Crippen molar-refractivity contribution < 1.29 is 14.7 Å². The van der Waals surface area contributed by atoms with Crippen molar-refractivity contribution in [2.75, 3.05) is 0 Å². The highest BCUT2D eigenvalue weighted by Gasteiger charge is 2.28. The van der Waals surface area contributed by atoms with E-state index < -0.39 is 17.8 Å². The zero-order chi connectivity index (χ0) is 14.4. The first kappa shape index (κ1) is 16.0. The van der Waals surface area contributed by atoms with Crippen LogP contribution in [-0.2, 0) is 9.59 Å². The summed E-state index contributed by atoms with van der Waals surface area (Å²) in [4.78, 5) is 22.9. The van der Waals surface area contributed by atoms with Crippen LogP contribution in [0.3, 0.4) is 0 Å². The maximum Gasteiger partial charge on any atom is 0.307 e. The van der Waals surface area contributed by atoms with Crippen LogP contribution >= 0.6 is 0 Å². The van der Waals surface area contributed by atoms with E-state index in [1.54, 1.807) is 13.8 Å². The van der Waals surface area contributed by atoms with Gasteiger partial charge < -0.3 is 10.4 Å². The van der Waals surface area contributed by atoms with E-state index in [-0.39, 0.29) is 11.9 Å². The highest BCUT2D eigenvalue weighted by molar-refractivity contribution is 5.84. The highest BCUT2D eigenvalue weighted by Crippen LogP contribution is 2.28. The van der Waals surface area contributed by atoms with Gasteiger partial charge in [0, 0.05) is 12.0 Å². The third-order valence-electron chi connectivity index (χ3n) is 4.44. The molecule has 4 nitrogen and oxygen atoms in total. The van der Waals surface area contributed by atoms with Crippen LogP contribution in [0.25, 0.3) is 0 Å². The molecule has 0 bridgehead atoms. The minimum Gasteiger partial charge on any atom is -0.481 e. The van der Waals surface area contributed by atoms with E-state index in [0.29, 0.717) is 0 Å². The van der Waals surface area contributed by atoms with E-state index in [2.05, 4.69) is 12.2 Å². The summed E-state index contributed by atoms with van der Waals surface area (Å²) in [6.45, 7) is 5.49. The van der Waals surface area contributed by atoms with Gasteiger partial charge in [0.25, 0.3) is 0 Å². The Morgan fingerprint density at radius 3 is 2.21 bits per heavy atom. The van der Waals surface area contributed by atoms with Gasteiger partial charge in [0.05, 0.1) is 5.92 Å². The van der Waals surface area contributed by atoms with Crippen molar-refractivity contribution in [2.24, 2.45) is 17.8 Å². The number of carbonyl (C=O) groups is 2. The molecule has 0 heterocycles. The second-order valence-electron chi connectivity index (χ2n) is 5.93. The zero-order valence-electron chi connectivity index (χ0n) is 12.3. The van der Waals surface area contributed by atoms with Crippen molar-refractivity contribution in [3.8, 4) is 0 Å². The van der Waals surface area contributed by atoms with Gasteiger partial charge in [-0.2, -0.15) is 0 Å². The summed E-state index contributed by atoms with van der Waals surface area (Å²) >= 11 is 0. The number of nitrogens with one attached hydrogen (secondary N) is 1. The molecule has 0 aliphatic heterocycles. The lowest BCUT2D eigenvalue weighted by Gasteiger charge is -2.30. The van der Waals surface area contributed by atoms with E-state index in [1.807, 2.05) is 0 Å². The molecule has 110 valence electrons. The van der Waals surface area contributed by atoms with Gasteiger partial charge in [0.2, 0.25) is 5.91 Å². The van der Waals surface area contributed by atoms with Crippen LogP contribution < -0.4 is 5.32 Å². The van der Waals surface area contributed by atoms with Crippen LogP contribution in [0, 0.1) is 17.8 Å². The Balaban J connectivity index is 2.36. The molecule has 1 aliphatic carbocycles. The van der Waals surface area contributed by atoms with Gasteiger partial charge in [-0.3, -0.25) is 9.59 Å². The van der Waals surface area contributed by atoms with Gasteiger partial charge >= 0.3 is 5.97 Å². The summed E-state index contributed by atoms with van der Waals surface area (Å²) in [5.74, 6) is -1.31. The molecule has 0 aromatic rings. The van der Waals surface area contributed by atoms with Crippen LogP contribution in [0.4, 0.5) is 0 Å². The lowest BCUT2D eigenvalue weighted by molar-refractivity contribution is -0.146. The van der Waals surface area contributed by atoms with E-state index in [9.17, 15) is 9.59 Å². The molecule has 0 saturated heterocycles. The fourth-order valence-electron chi connectivity index (χ4n) is 2.78. The van der Waals surface area contributed by atoms with E-state index in [4.69, 9.17) is 5.11 Å². The fraction of sp³-hybridized carbons (Fsp3) is 0.867. The Bertz CT molecular complexity index is 309. The molecule has 2 unspecified atom stereocenters. The summed E-state index contributed by atoms with van der Waals surface area (Å²) in [6.07, 6.45) is 6.94. The van der Waals surface area contributed by atoms with Crippen LogP contribution in [0.1, 0.15) is 59.3 Å². The minimum absolute atomic E-state index is 0.117. The van der Waals surface area contributed by atoms with E-state index in [0.717, 1.165) is 18.8 Å². The molecule has 1 amide bonds. The predicted octanol–water partition coefficient (Wildman–Crippen LogP) is 2.82. The van der Waals surface area contributed by atoms with Gasteiger partial charge in [-0.1, -0.05) is 33.6 Å². The van der Waals surface area contributed by atoms with Gasteiger partial charge in [-0.15, -0.1) is 0 Å². The molecule has 4 heteroatoms. The number of rotatable bonds is 6. The smallest absolute Gasteiger partial charge is 0.307 e. The average molecular weight is 269 g/mol. The summed E-state index contributed by atoms with van der Waals surface area (Å²) in [7, 11) is 0. The van der Waals surface area contributed by atoms with Crippen molar-refractivity contribution >= 4 is 11.9 Å². The molecule has 2 atom stereocenters. The molecule has 2 N–H and O–H groups in total. The maximum absolute atomic E-state index is 12.0. The standard InChI is InChI=1S/C15H27NO3/c1-4-5-12-6-8-13(9-7-12)16-14(17)10(2)11(3)15(18)19/h10-13H,4-9H2,1-3H3,(H,16,17)(H,18,19). The third kappa shape index (κ3) is 4.84. The Morgan fingerprint density at radius 2 is 1.74 bits per heavy atom. The van der Waals surface area contributed by atoms with E-state index in [1.165, 1.54) is 25.7 Å². The zero-order valence-corrected chi connectivity index (χ0v) is 12.3. The van der Waals surface area contributed by atoms with Crippen LogP contribution in [0.5, 0.6) is 0 Å². The van der Waals surface area contributed by atoms with Gasteiger partial charge in [-0.05, 0) is 31.6 Å². The summed E-state index contributed by atoms with van der Waals surface area (Å²) in [6, 6.07) is 0.240. The first-order valence-electron chi connectivity index (χ1n) is 7.48. The summed E-state index contributed by atoms with van der Waals surface area (Å²) in [5, 5.41) is 11.9. The molecule has 1 saturated carbocycles. The second kappa shape index (κ2) is 7.51. The van der Waals surface area contributed by atoms with Crippen molar-refractivity contribution in [1.29, 1.82) is 0 Å². The van der Waals surface area contributed by atoms with E-state index >= 15 is 0 Å². The molecule has 0 aromatic heterocycles. The van der Waals surface area contributed by atoms with Gasteiger partial charge in [0.15, 0.2) is 0 Å². The number of carboxylic acid groups (broad SMARTS) is 1. The van der Waals surface area contributed by atoms with Crippen molar-refractivity contribution in [2.45, 2.75) is 65.3 Å². The molecular weight excluding hydrogens is 242 g/mol. The fourth-order valence-corrected chi connectivity index (χ4v) is 2.78. The minimum atomic E-state index is -0.908. The average Bonchev–Trinajstić information content (AvgIpc) is 2.39. The molecule has 19 heavy (non-hydrogen) atoms. The van der Waals surface area contributed by atoms with Gasteiger partial charge in [-0.25, -0.2) is 0 Å². The number of aliphatic carboxylic acids is 1. The highest BCUT2D eigenvalue weighted by atomic mass is 16.4. The van der Waals surface area contributed by atoms with Crippen LogP contribution in [0.15, 0.2) is 0 Å². The van der Waals surface area contributed by atoms with Crippen LogP contribution in [0.2, 0.25) is 0 Å². The first-order chi connectivity index (χ1) is 8.95. The Hall–Kier alpha value is -1.06. The molecule has 1 fully saturated rings. The maximum atomic E-state index is 12.0. The summed E-state index contributed by atoms with van der Waals surface area (Å²) < 4.78 is 0. The summed E-state index contributed by atoms with van der Waals surface area (Å²) in [5.41, 5.74) is 0. The SMILES string of the molecule is CCCC1CCC(NC(=O)C(C)C(C)C(=O)O)CC1. The predicted molar refractivity (Wildman–Crippen MR) is 74.8 cm³/mol. The third-order valence-corrected chi connectivity index (χ3v) is 4.44. The van der Waals surface area contributed by atoms with Crippen LogP contribution in [-0.4, -0.2) is 23.0 Å². The lowest BCUT2D eigenvalue weighted by atomic mass is 9.83. The molecule has 0 aromatic carbocycles. The molecular formula is C15H27NO3. The molecule has 1 aliphatic rings. The number of carboxylic acids is 1. The van der Waals surface area contributed by atoms with Crippen molar-refractivity contribution in [3.63, 3.8) is 0 Å². The quantitative estimate of drug-likeness (QED) is 0.779. The largest absolute Gasteiger partial charge is 0.481 e. The van der Waals surface area contributed by atoms with Crippen molar-refractivity contribution in [3.05, 3.63) is 0 Å². The Kier molecular flexibility index (Phi) is 6.32. The second-order valence-corrected chi connectivity index (χ2v) is 5.93. The van der Waals surface area contributed by atoms with Crippen molar-refractivity contribution in [1.82, 2.24) is 5.32 Å². The monoisotopic (exact) mass is 269 g/mol. The molecule has 1 rings (SSSR count). The number of hydrogen-bond donors (Lipinski definition) is 2. The number of amides is 1.